The van der Waals surface area contributed by atoms with Crippen LogP contribution in [-0.4, -0.2) is 57.7 Å². The van der Waals surface area contributed by atoms with Gasteiger partial charge in [-0.05, 0) is 0 Å². The predicted octanol–water partition coefficient (Wildman–Crippen LogP) is -1.18. The molecule has 101 valence electrons. The molecule has 1 radical (unpaired) electrons. The van der Waals surface area contributed by atoms with Gasteiger partial charge in [-0.2, -0.15) is 13.8 Å². The van der Waals surface area contributed by atoms with Gasteiger partial charge >= 0.3 is 0 Å². The van der Waals surface area contributed by atoms with E-state index in [0.29, 0.717) is 0 Å². The van der Waals surface area contributed by atoms with Crippen LogP contribution in [0.4, 0.5) is 0 Å². The van der Waals surface area contributed by atoms with E-state index < -0.39 is 37.3 Å². The van der Waals surface area contributed by atoms with Crippen molar-refractivity contribution in [2.75, 3.05) is 6.61 Å². The SMILES string of the molecule is C[CH-]C.[CH2-]OC1OC(CO)C(O)C(O)C1O.[Y]. The van der Waals surface area contributed by atoms with Gasteiger partial charge in [0, 0.05) is 32.7 Å². The monoisotopic (exact) mass is 325 g/mol. The summed E-state index contributed by atoms with van der Waals surface area (Å²) in [6.07, 6.45) is -4.19. The van der Waals surface area contributed by atoms with Crippen molar-refractivity contribution in [3.63, 3.8) is 0 Å². The van der Waals surface area contributed by atoms with E-state index in [4.69, 9.17) is 9.84 Å². The molecule has 4 N–H and O–H groups in total. The maximum atomic E-state index is 9.25. The van der Waals surface area contributed by atoms with Crippen molar-refractivity contribution < 1.29 is 62.6 Å². The summed E-state index contributed by atoms with van der Waals surface area (Å²) in [5.41, 5.74) is 0. The molecule has 0 spiro atoms. The maximum Gasteiger partial charge on any atom is 0.157 e. The quantitative estimate of drug-likeness (QED) is 0.477. The van der Waals surface area contributed by atoms with Crippen LogP contribution in [0.2, 0.25) is 0 Å². The van der Waals surface area contributed by atoms with Crippen LogP contribution in [0.1, 0.15) is 13.8 Å². The number of hydrogen-bond acceptors (Lipinski definition) is 6. The van der Waals surface area contributed by atoms with Crippen molar-refractivity contribution in [1.29, 1.82) is 0 Å². The Morgan fingerprint density at radius 1 is 1.18 bits per heavy atom. The van der Waals surface area contributed by atoms with Gasteiger partial charge in [0.15, 0.2) is 6.29 Å². The Labute approximate surface area is 127 Å². The summed E-state index contributed by atoms with van der Waals surface area (Å²) in [5.74, 6) is 0. The third-order valence-corrected chi connectivity index (χ3v) is 2.01. The summed E-state index contributed by atoms with van der Waals surface area (Å²) in [5, 5.41) is 36.5. The summed E-state index contributed by atoms with van der Waals surface area (Å²) >= 11 is 0. The van der Waals surface area contributed by atoms with Crippen LogP contribution < -0.4 is 0 Å². The Morgan fingerprint density at radius 3 is 2.00 bits per heavy atom. The van der Waals surface area contributed by atoms with E-state index in [1.54, 1.807) is 0 Å². The molecule has 0 aliphatic carbocycles. The topological polar surface area (TPSA) is 99.4 Å². The largest absolute Gasteiger partial charge is 0.531 e. The smallest absolute Gasteiger partial charge is 0.157 e. The van der Waals surface area contributed by atoms with Crippen LogP contribution >= 0.6 is 0 Å². The molecule has 7 heteroatoms. The Kier molecular flexibility index (Phi) is 12.8. The molecule has 0 saturated carbocycles. The van der Waals surface area contributed by atoms with Crippen molar-refractivity contribution in [3.05, 3.63) is 13.5 Å². The molecule has 5 unspecified atom stereocenters. The van der Waals surface area contributed by atoms with Crippen LogP contribution in [-0.2, 0) is 42.2 Å². The van der Waals surface area contributed by atoms with E-state index in [9.17, 15) is 15.3 Å². The Hall–Kier alpha value is 0.864. The Bertz CT molecular complexity index is 162. The molecule has 0 aromatic heterocycles. The van der Waals surface area contributed by atoms with Crippen molar-refractivity contribution in [2.24, 2.45) is 0 Å². The molecular weight excluding hydrogens is 305 g/mol. The van der Waals surface area contributed by atoms with Gasteiger partial charge in [-0.25, -0.2) is 7.11 Å². The van der Waals surface area contributed by atoms with Crippen LogP contribution in [0.25, 0.3) is 0 Å². The molecule has 17 heavy (non-hydrogen) atoms. The molecule has 0 amide bonds. The fourth-order valence-electron chi connectivity index (χ4n) is 1.21. The van der Waals surface area contributed by atoms with E-state index in [1.807, 2.05) is 20.3 Å². The Morgan fingerprint density at radius 2 is 1.65 bits per heavy atom. The third-order valence-electron chi connectivity index (χ3n) is 2.01. The van der Waals surface area contributed by atoms with Gasteiger partial charge in [0.2, 0.25) is 0 Å². The molecule has 0 aromatic rings. The number of ether oxygens (including phenoxy) is 2. The molecule has 1 aliphatic rings. The van der Waals surface area contributed by atoms with Crippen LogP contribution in [0.15, 0.2) is 0 Å². The van der Waals surface area contributed by atoms with E-state index >= 15 is 0 Å². The second-order valence-corrected chi connectivity index (χ2v) is 3.44. The van der Waals surface area contributed by atoms with Gasteiger partial charge in [0.05, 0.1) is 6.61 Å². The predicted molar refractivity (Wildman–Crippen MR) is 55.9 cm³/mol. The first-order chi connectivity index (χ1) is 7.53. The molecule has 0 bridgehead atoms. The fraction of sp³-hybridized carbons (Fsp3) is 0.800. The molecular formula is C10H20O6Y-2. The zero-order valence-corrected chi connectivity index (χ0v) is 12.9. The molecule has 6 nitrogen and oxygen atoms in total. The first-order valence-corrected chi connectivity index (χ1v) is 4.98. The van der Waals surface area contributed by atoms with Gasteiger partial charge in [-0.3, -0.25) is 0 Å². The van der Waals surface area contributed by atoms with Gasteiger partial charge < -0.3 is 36.3 Å². The second-order valence-electron chi connectivity index (χ2n) is 3.44. The number of aliphatic hydroxyl groups is 4. The summed E-state index contributed by atoms with van der Waals surface area (Å²) in [6.45, 7) is 3.53. The van der Waals surface area contributed by atoms with Gasteiger partial charge in [-0.15, -0.1) is 0 Å². The summed E-state index contributed by atoms with van der Waals surface area (Å²) in [7, 11) is 3.03. The van der Waals surface area contributed by atoms with Gasteiger partial charge in [0.1, 0.15) is 24.4 Å². The summed E-state index contributed by atoms with van der Waals surface area (Å²) in [4.78, 5) is 0. The molecule has 1 saturated heterocycles. The molecule has 1 rings (SSSR count). The van der Waals surface area contributed by atoms with Crippen LogP contribution in [0.3, 0.4) is 0 Å². The average Bonchev–Trinajstić information content (AvgIpc) is 2.28. The number of hydrogen-bond donors (Lipinski definition) is 4. The van der Waals surface area contributed by atoms with Crippen molar-refractivity contribution in [3.8, 4) is 0 Å². The third kappa shape index (κ3) is 6.03. The molecule has 5 atom stereocenters. The number of aliphatic hydroxyl groups excluding tert-OH is 4. The molecule has 1 fully saturated rings. The van der Waals surface area contributed by atoms with E-state index in [0.717, 1.165) is 0 Å². The fourth-order valence-corrected chi connectivity index (χ4v) is 1.21. The van der Waals surface area contributed by atoms with Crippen LogP contribution in [0, 0.1) is 13.5 Å². The van der Waals surface area contributed by atoms with E-state index in [2.05, 4.69) is 11.8 Å². The minimum Gasteiger partial charge on any atom is -0.531 e. The molecule has 1 heterocycles. The van der Waals surface area contributed by atoms with E-state index in [-0.39, 0.29) is 32.7 Å². The Balaban J connectivity index is 0. The summed E-state index contributed by atoms with van der Waals surface area (Å²) in [6, 6.07) is 0. The average molecular weight is 325 g/mol. The minimum atomic E-state index is -1.40. The first kappa shape index (κ1) is 20.2. The van der Waals surface area contributed by atoms with Crippen molar-refractivity contribution >= 4 is 0 Å². The molecule has 1 aliphatic heterocycles. The first-order valence-electron chi connectivity index (χ1n) is 4.98. The standard InChI is InChI=1S/C7H13O6.C3H7.Y/c1-12-7-6(11)5(10)4(9)3(2-8)13-7;1-3-2;/h3-11H,1-2H2;3H,1-2H3;/q2*-1;. The maximum absolute atomic E-state index is 9.25. The van der Waals surface area contributed by atoms with Gasteiger partial charge in [0.25, 0.3) is 0 Å². The minimum absolute atomic E-state index is 0. The van der Waals surface area contributed by atoms with Crippen molar-refractivity contribution in [2.45, 2.75) is 44.6 Å². The zero-order valence-electron chi connectivity index (χ0n) is 10.1. The summed E-state index contributed by atoms with van der Waals surface area (Å²) < 4.78 is 9.33. The number of rotatable bonds is 2. The zero-order chi connectivity index (χ0) is 12.7. The normalized spacial score (nSPS) is 36.5. The van der Waals surface area contributed by atoms with Gasteiger partial charge in [-0.1, -0.05) is 0 Å². The van der Waals surface area contributed by atoms with Crippen LogP contribution in [0.5, 0.6) is 0 Å². The van der Waals surface area contributed by atoms with E-state index in [1.165, 1.54) is 0 Å². The molecule has 0 aromatic carbocycles. The second kappa shape index (κ2) is 10.8. The van der Waals surface area contributed by atoms with Crippen molar-refractivity contribution in [1.82, 2.24) is 0 Å².